The van der Waals surface area contributed by atoms with Crippen molar-refractivity contribution < 1.29 is 14.3 Å². The van der Waals surface area contributed by atoms with E-state index in [1.54, 1.807) is 11.0 Å². The quantitative estimate of drug-likeness (QED) is 0.496. The number of aromatic nitrogens is 3. The minimum Gasteiger partial charge on any atom is -0.454 e. The molecule has 7 nitrogen and oxygen atoms in total. The molecular weight excluding hydrogens is 392 g/mol. The maximum absolute atomic E-state index is 13.4. The summed E-state index contributed by atoms with van der Waals surface area (Å²) in [5.41, 5.74) is 4.10. The number of hydrogen-bond donors (Lipinski definition) is 0. The lowest BCUT2D eigenvalue weighted by atomic mass is 10.1. The van der Waals surface area contributed by atoms with Gasteiger partial charge >= 0.3 is 0 Å². The fourth-order valence-electron chi connectivity index (χ4n) is 3.79. The lowest BCUT2D eigenvalue weighted by molar-refractivity contribution is 0.0718. The highest BCUT2D eigenvalue weighted by Gasteiger charge is 2.22. The summed E-state index contributed by atoms with van der Waals surface area (Å²) in [7, 11) is 1.97. The Bertz CT molecular complexity index is 1280. The molecule has 0 aliphatic carbocycles. The van der Waals surface area contributed by atoms with Gasteiger partial charge in [0, 0.05) is 19.3 Å². The first-order valence-corrected chi connectivity index (χ1v) is 10.1. The van der Waals surface area contributed by atoms with Crippen molar-refractivity contribution in [3.8, 4) is 11.5 Å². The van der Waals surface area contributed by atoms with E-state index < -0.39 is 0 Å². The van der Waals surface area contributed by atoms with E-state index in [9.17, 15) is 4.79 Å². The van der Waals surface area contributed by atoms with Crippen molar-refractivity contribution in [1.82, 2.24) is 19.4 Å². The molecule has 3 heterocycles. The van der Waals surface area contributed by atoms with Crippen LogP contribution in [-0.4, -0.2) is 32.1 Å². The summed E-state index contributed by atoms with van der Waals surface area (Å²) in [6.45, 7) is 2.85. The fraction of sp³-hybridized carbons (Fsp3) is 0.208. The van der Waals surface area contributed by atoms with Crippen LogP contribution in [0.1, 0.15) is 27.6 Å². The predicted octanol–water partition coefficient (Wildman–Crippen LogP) is 3.85. The molecule has 4 aromatic rings. The number of pyridine rings is 1. The zero-order valence-corrected chi connectivity index (χ0v) is 17.4. The van der Waals surface area contributed by atoms with E-state index in [1.807, 2.05) is 73.1 Å². The summed E-state index contributed by atoms with van der Waals surface area (Å²) >= 11 is 0. The molecule has 7 heteroatoms. The molecule has 0 N–H and O–H groups in total. The van der Waals surface area contributed by atoms with Crippen molar-refractivity contribution in [2.24, 2.45) is 7.05 Å². The van der Waals surface area contributed by atoms with Crippen LogP contribution in [0.25, 0.3) is 11.0 Å². The number of carbonyl (C=O) groups is 1. The third-order valence-corrected chi connectivity index (χ3v) is 5.42. The Morgan fingerprint density at radius 3 is 2.68 bits per heavy atom. The van der Waals surface area contributed by atoms with Gasteiger partial charge in [0.15, 0.2) is 11.5 Å². The molecule has 31 heavy (non-hydrogen) atoms. The molecule has 0 bridgehead atoms. The SMILES string of the molecule is Cc1cccc(C(=O)N(Cc2ccc3c(c2)OCO3)Cc2nc3ccccc3n2C)n1. The second-order valence-electron chi connectivity index (χ2n) is 7.59. The minimum absolute atomic E-state index is 0.145. The molecule has 0 spiro atoms. The van der Waals surface area contributed by atoms with E-state index in [2.05, 4.69) is 4.98 Å². The standard InChI is InChI=1S/C24H22N4O3/c1-16-6-5-8-19(25-16)24(29)28(13-17-10-11-21-22(12-17)31-15-30-21)14-23-26-18-7-3-4-9-20(18)27(23)2/h3-12H,13-15H2,1-2H3. The summed E-state index contributed by atoms with van der Waals surface area (Å²) in [5.74, 6) is 2.08. The molecule has 0 radical (unpaired) electrons. The number of nitrogens with zero attached hydrogens (tertiary/aromatic N) is 4. The smallest absolute Gasteiger partial charge is 0.273 e. The average molecular weight is 414 g/mol. The summed E-state index contributed by atoms with van der Waals surface area (Å²) < 4.78 is 12.9. The predicted molar refractivity (Wildman–Crippen MR) is 116 cm³/mol. The van der Waals surface area contributed by atoms with Gasteiger partial charge < -0.3 is 18.9 Å². The number of ether oxygens (including phenoxy) is 2. The summed E-state index contributed by atoms with van der Waals surface area (Å²) in [6, 6.07) is 19.2. The molecule has 0 saturated carbocycles. The molecule has 1 amide bonds. The van der Waals surface area contributed by atoms with Crippen LogP contribution in [0.15, 0.2) is 60.7 Å². The average Bonchev–Trinajstić information content (AvgIpc) is 3.37. The van der Waals surface area contributed by atoms with Gasteiger partial charge in [0.25, 0.3) is 5.91 Å². The second kappa shape index (κ2) is 7.75. The molecule has 0 atom stereocenters. The number of para-hydroxylation sites is 2. The van der Waals surface area contributed by atoms with Gasteiger partial charge in [-0.1, -0.05) is 24.3 Å². The molecule has 1 aliphatic heterocycles. The van der Waals surface area contributed by atoms with Crippen molar-refractivity contribution in [2.75, 3.05) is 6.79 Å². The lowest BCUT2D eigenvalue weighted by Gasteiger charge is -2.22. The van der Waals surface area contributed by atoms with Crippen LogP contribution in [0.4, 0.5) is 0 Å². The van der Waals surface area contributed by atoms with Gasteiger partial charge in [0.2, 0.25) is 6.79 Å². The third kappa shape index (κ3) is 3.70. The number of amides is 1. The molecule has 0 fully saturated rings. The molecule has 0 unspecified atom stereocenters. The van der Waals surface area contributed by atoms with Gasteiger partial charge in [0.05, 0.1) is 17.6 Å². The van der Waals surface area contributed by atoms with Crippen LogP contribution in [0.5, 0.6) is 11.5 Å². The highest BCUT2D eigenvalue weighted by atomic mass is 16.7. The monoisotopic (exact) mass is 414 g/mol. The second-order valence-corrected chi connectivity index (χ2v) is 7.59. The topological polar surface area (TPSA) is 69.5 Å². The molecule has 156 valence electrons. The van der Waals surface area contributed by atoms with Gasteiger partial charge in [-0.05, 0) is 48.9 Å². The minimum atomic E-state index is -0.145. The number of carbonyl (C=O) groups excluding carboxylic acids is 1. The number of imidazole rings is 1. The lowest BCUT2D eigenvalue weighted by Crippen LogP contribution is -2.32. The van der Waals surface area contributed by atoms with Crippen molar-refractivity contribution in [3.05, 3.63) is 83.4 Å². The highest BCUT2D eigenvalue weighted by Crippen LogP contribution is 2.33. The first kappa shape index (κ1) is 19.1. The fourth-order valence-corrected chi connectivity index (χ4v) is 3.79. The Morgan fingerprint density at radius 2 is 1.84 bits per heavy atom. The van der Waals surface area contributed by atoms with Crippen molar-refractivity contribution in [1.29, 1.82) is 0 Å². The Labute approximate surface area is 179 Å². The zero-order chi connectivity index (χ0) is 21.4. The Morgan fingerprint density at radius 1 is 1.00 bits per heavy atom. The Hall–Kier alpha value is -3.87. The van der Waals surface area contributed by atoms with E-state index in [-0.39, 0.29) is 12.7 Å². The van der Waals surface area contributed by atoms with E-state index in [0.29, 0.717) is 24.5 Å². The van der Waals surface area contributed by atoms with Crippen LogP contribution in [-0.2, 0) is 20.1 Å². The number of fused-ring (bicyclic) bond motifs is 2. The van der Waals surface area contributed by atoms with Gasteiger partial charge in [-0.2, -0.15) is 0 Å². The van der Waals surface area contributed by atoms with Crippen LogP contribution < -0.4 is 9.47 Å². The van der Waals surface area contributed by atoms with Crippen LogP contribution >= 0.6 is 0 Å². The van der Waals surface area contributed by atoms with E-state index in [4.69, 9.17) is 14.5 Å². The molecule has 5 rings (SSSR count). The number of hydrogen-bond acceptors (Lipinski definition) is 5. The van der Waals surface area contributed by atoms with E-state index in [0.717, 1.165) is 33.9 Å². The molecule has 2 aromatic carbocycles. The first-order chi connectivity index (χ1) is 15.1. The Kier molecular flexibility index (Phi) is 4.78. The van der Waals surface area contributed by atoms with Gasteiger partial charge in [0.1, 0.15) is 11.5 Å². The molecule has 1 aliphatic rings. The number of aryl methyl sites for hydroxylation is 2. The number of benzene rings is 2. The van der Waals surface area contributed by atoms with Gasteiger partial charge in [-0.3, -0.25) is 4.79 Å². The molecular formula is C24H22N4O3. The van der Waals surface area contributed by atoms with Crippen molar-refractivity contribution in [3.63, 3.8) is 0 Å². The van der Waals surface area contributed by atoms with Gasteiger partial charge in [-0.25, -0.2) is 9.97 Å². The highest BCUT2D eigenvalue weighted by molar-refractivity contribution is 5.92. The van der Waals surface area contributed by atoms with Crippen molar-refractivity contribution in [2.45, 2.75) is 20.0 Å². The van der Waals surface area contributed by atoms with E-state index >= 15 is 0 Å². The summed E-state index contributed by atoms with van der Waals surface area (Å²) in [6.07, 6.45) is 0. The maximum atomic E-state index is 13.4. The molecule has 0 saturated heterocycles. The van der Waals surface area contributed by atoms with Crippen LogP contribution in [0.2, 0.25) is 0 Å². The third-order valence-electron chi connectivity index (χ3n) is 5.42. The number of rotatable bonds is 5. The Balaban J connectivity index is 1.50. The summed E-state index contributed by atoms with van der Waals surface area (Å²) in [4.78, 5) is 24.4. The van der Waals surface area contributed by atoms with Crippen LogP contribution in [0, 0.1) is 6.92 Å². The summed E-state index contributed by atoms with van der Waals surface area (Å²) in [5, 5.41) is 0. The van der Waals surface area contributed by atoms with Crippen LogP contribution in [0.3, 0.4) is 0 Å². The zero-order valence-electron chi connectivity index (χ0n) is 17.4. The maximum Gasteiger partial charge on any atom is 0.273 e. The normalized spacial score (nSPS) is 12.3. The van der Waals surface area contributed by atoms with Crippen molar-refractivity contribution >= 4 is 16.9 Å². The van der Waals surface area contributed by atoms with Gasteiger partial charge in [-0.15, -0.1) is 0 Å². The largest absolute Gasteiger partial charge is 0.454 e. The van der Waals surface area contributed by atoms with E-state index in [1.165, 1.54) is 0 Å². The first-order valence-electron chi connectivity index (χ1n) is 10.1. The molecule has 2 aromatic heterocycles.